The highest BCUT2D eigenvalue weighted by molar-refractivity contribution is 6.35. The first kappa shape index (κ1) is 15.5. The molecule has 0 unspecified atom stereocenters. The van der Waals surface area contributed by atoms with E-state index in [9.17, 15) is 4.79 Å². The molecule has 6 heteroatoms. The van der Waals surface area contributed by atoms with Crippen molar-refractivity contribution in [3.05, 3.63) is 52.0 Å². The number of nitrogen functional groups attached to an aromatic ring is 1. The molecule has 4 nitrogen and oxygen atoms in total. The highest BCUT2D eigenvalue weighted by Crippen LogP contribution is 2.34. The summed E-state index contributed by atoms with van der Waals surface area (Å²) in [6, 6.07) is 9.76. The second kappa shape index (κ2) is 6.24. The average Bonchev–Trinajstić information content (AvgIpc) is 2.42. The molecule has 2 rings (SSSR count). The lowest BCUT2D eigenvalue weighted by Gasteiger charge is -2.13. The number of benzene rings is 2. The van der Waals surface area contributed by atoms with Crippen LogP contribution in [-0.2, 0) is 0 Å². The van der Waals surface area contributed by atoms with Crippen LogP contribution in [0.1, 0.15) is 10.4 Å². The van der Waals surface area contributed by atoms with Gasteiger partial charge >= 0.3 is 0 Å². The number of carbonyl (C=O) groups excluding carboxylic acids is 1. The van der Waals surface area contributed by atoms with Crippen LogP contribution in [0.2, 0.25) is 10.0 Å². The molecule has 0 saturated carbocycles. The Morgan fingerprint density at radius 3 is 2.33 bits per heavy atom. The number of anilines is 1. The van der Waals surface area contributed by atoms with Crippen molar-refractivity contribution < 1.29 is 9.53 Å². The summed E-state index contributed by atoms with van der Waals surface area (Å²) in [5.41, 5.74) is 6.77. The highest BCUT2D eigenvalue weighted by atomic mass is 35.5. The molecule has 0 atom stereocenters. The van der Waals surface area contributed by atoms with Crippen molar-refractivity contribution in [2.24, 2.45) is 0 Å². The van der Waals surface area contributed by atoms with E-state index in [0.29, 0.717) is 32.8 Å². The van der Waals surface area contributed by atoms with Gasteiger partial charge in [-0.25, -0.2) is 0 Å². The largest absolute Gasteiger partial charge is 0.454 e. The van der Waals surface area contributed by atoms with Crippen LogP contribution in [0.5, 0.6) is 11.5 Å². The number of amides is 1. The van der Waals surface area contributed by atoms with Crippen LogP contribution in [-0.4, -0.2) is 24.9 Å². The van der Waals surface area contributed by atoms with E-state index in [1.807, 2.05) is 0 Å². The average molecular weight is 325 g/mol. The molecule has 0 aliphatic carbocycles. The third kappa shape index (κ3) is 3.60. The summed E-state index contributed by atoms with van der Waals surface area (Å²) in [5, 5.41) is 0.905. The fourth-order valence-electron chi connectivity index (χ4n) is 1.71. The zero-order valence-corrected chi connectivity index (χ0v) is 13.1. The van der Waals surface area contributed by atoms with Gasteiger partial charge in [0.1, 0.15) is 11.5 Å². The summed E-state index contributed by atoms with van der Waals surface area (Å²) < 4.78 is 5.65. The van der Waals surface area contributed by atoms with Gasteiger partial charge in [-0.2, -0.15) is 0 Å². The Balaban J connectivity index is 2.27. The SMILES string of the molecule is CN(C)C(=O)c1ccc(Oc2ccc(Cl)cc2Cl)c(N)c1. The minimum Gasteiger partial charge on any atom is -0.454 e. The predicted octanol–water partition coefficient (Wildman–Crippen LogP) is 4.07. The van der Waals surface area contributed by atoms with Crippen LogP contribution >= 0.6 is 23.2 Å². The maximum atomic E-state index is 11.9. The van der Waals surface area contributed by atoms with Gasteiger partial charge in [0, 0.05) is 24.7 Å². The van der Waals surface area contributed by atoms with Crippen LogP contribution in [0, 0.1) is 0 Å². The number of halogens is 2. The zero-order chi connectivity index (χ0) is 15.6. The molecule has 0 saturated heterocycles. The summed E-state index contributed by atoms with van der Waals surface area (Å²) in [7, 11) is 3.35. The molecule has 1 amide bonds. The first-order valence-electron chi connectivity index (χ1n) is 6.12. The van der Waals surface area contributed by atoms with E-state index in [4.69, 9.17) is 33.7 Å². The third-order valence-electron chi connectivity index (χ3n) is 2.78. The molecule has 0 fully saturated rings. The van der Waals surface area contributed by atoms with Crippen molar-refractivity contribution in [1.29, 1.82) is 0 Å². The van der Waals surface area contributed by atoms with Crippen LogP contribution in [0.15, 0.2) is 36.4 Å². The number of ether oxygens (including phenoxy) is 1. The molecule has 0 aliphatic rings. The van der Waals surface area contributed by atoms with Crippen LogP contribution < -0.4 is 10.5 Å². The Morgan fingerprint density at radius 1 is 1.10 bits per heavy atom. The molecule has 0 spiro atoms. The second-order valence-corrected chi connectivity index (χ2v) is 5.47. The normalized spacial score (nSPS) is 10.3. The Bertz CT molecular complexity index is 687. The van der Waals surface area contributed by atoms with E-state index in [2.05, 4.69) is 0 Å². The summed E-state index contributed by atoms with van der Waals surface area (Å²) in [6.45, 7) is 0. The number of carbonyl (C=O) groups is 1. The van der Waals surface area contributed by atoms with E-state index in [1.54, 1.807) is 50.5 Å². The summed E-state index contributed by atoms with van der Waals surface area (Å²) >= 11 is 11.9. The number of hydrogen-bond acceptors (Lipinski definition) is 3. The molecule has 21 heavy (non-hydrogen) atoms. The fourth-order valence-corrected chi connectivity index (χ4v) is 2.16. The molecular weight excluding hydrogens is 311 g/mol. The Morgan fingerprint density at radius 2 is 1.76 bits per heavy atom. The zero-order valence-electron chi connectivity index (χ0n) is 11.6. The maximum absolute atomic E-state index is 11.9. The Labute approximate surface area is 133 Å². The minimum atomic E-state index is -0.127. The van der Waals surface area contributed by atoms with Gasteiger partial charge in [0.15, 0.2) is 0 Å². The van der Waals surface area contributed by atoms with Crippen molar-refractivity contribution in [3.8, 4) is 11.5 Å². The van der Waals surface area contributed by atoms with Gasteiger partial charge in [-0.1, -0.05) is 23.2 Å². The van der Waals surface area contributed by atoms with Crippen LogP contribution in [0.4, 0.5) is 5.69 Å². The maximum Gasteiger partial charge on any atom is 0.253 e. The Hall–Kier alpha value is -1.91. The van der Waals surface area contributed by atoms with Crippen molar-refractivity contribution in [2.45, 2.75) is 0 Å². The van der Waals surface area contributed by atoms with Crippen LogP contribution in [0.3, 0.4) is 0 Å². The first-order valence-corrected chi connectivity index (χ1v) is 6.88. The highest BCUT2D eigenvalue weighted by Gasteiger charge is 2.12. The predicted molar refractivity (Wildman–Crippen MR) is 85.4 cm³/mol. The first-order chi connectivity index (χ1) is 9.88. The summed E-state index contributed by atoms with van der Waals surface area (Å²) in [6.07, 6.45) is 0. The van der Waals surface area contributed by atoms with Crippen molar-refractivity contribution >= 4 is 34.8 Å². The quantitative estimate of drug-likeness (QED) is 0.866. The van der Waals surface area contributed by atoms with Gasteiger partial charge in [0.2, 0.25) is 0 Å². The molecular formula is C15H14Cl2N2O2. The Kier molecular flexibility index (Phi) is 4.60. The summed E-state index contributed by atoms with van der Waals surface area (Å²) in [4.78, 5) is 13.3. The van der Waals surface area contributed by atoms with Crippen molar-refractivity contribution in [1.82, 2.24) is 4.90 Å². The van der Waals surface area contributed by atoms with E-state index < -0.39 is 0 Å². The van der Waals surface area contributed by atoms with E-state index in [1.165, 1.54) is 4.90 Å². The molecule has 2 aromatic rings. The molecule has 0 aromatic heterocycles. The van der Waals surface area contributed by atoms with E-state index in [0.717, 1.165) is 0 Å². The van der Waals surface area contributed by atoms with Gasteiger partial charge in [-0.3, -0.25) is 4.79 Å². The molecule has 0 heterocycles. The molecule has 2 N–H and O–H groups in total. The molecule has 0 radical (unpaired) electrons. The standard InChI is InChI=1S/C15H14Cl2N2O2/c1-19(2)15(20)9-3-5-14(12(18)7-9)21-13-6-4-10(16)8-11(13)17/h3-8H,18H2,1-2H3. The molecule has 0 bridgehead atoms. The number of nitrogens with zero attached hydrogens (tertiary/aromatic N) is 1. The van der Waals surface area contributed by atoms with E-state index in [-0.39, 0.29) is 5.91 Å². The van der Waals surface area contributed by atoms with E-state index >= 15 is 0 Å². The van der Waals surface area contributed by atoms with Gasteiger partial charge in [-0.15, -0.1) is 0 Å². The third-order valence-corrected chi connectivity index (χ3v) is 3.31. The molecule has 0 aliphatic heterocycles. The summed E-state index contributed by atoms with van der Waals surface area (Å²) in [5.74, 6) is 0.742. The number of rotatable bonds is 3. The van der Waals surface area contributed by atoms with Gasteiger partial charge < -0.3 is 15.4 Å². The lowest BCUT2D eigenvalue weighted by Crippen LogP contribution is -2.21. The van der Waals surface area contributed by atoms with Gasteiger partial charge in [-0.05, 0) is 36.4 Å². The molecule has 2 aromatic carbocycles. The van der Waals surface area contributed by atoms with Crippen LogP contribution in [0.25, 0.3) is 0 Å². The fraction of sp³-hybridized carbons (Fsp3) is 0.133. The minimum absolute atomic E-state index is 0.127. The number of nitrogens with two attached hydrogens (primary N) is 1. The molecule has 110 valence electrons. The second-order valence-electron chi connectivity index (χ2n) is 4.63. The lowest BCUT2D eigenvalue weighted by molar-refractivity contribution is 0.0827. The van der Waals surface area contributed by atoms with Gasteiger partial charge in [0.05, 0.1) is 10.7 Å². The topological polar surface area (TPSA) is 55.6 Å². The smallest absolute Gasteiger partial charge is 0.253 e. The lowest BCUT2D eigenvalue weighted by atomic mass is 10.1. The van der Waals surface area contributed by atoms with Crippen molar-refractivity contribution in [3.63, 3.8) is 0 Å². The van der Waals surface area contributed by atoms with Crippen molar-refractivity contribution in [2.75, 3.05) is 19.8 Å². The van der Waals surface area contributed by atoms with Gasteiger partial charge in [0.25, 0.3) is 5.91 Å². The number of hydrogen-bond donors (Lipinski definition) is 1. The monoisotopic (exact) mass is 324 g/mol.